The Morgan fingerprint density at radius 1 is 0.577 bits per heavy atom. The van der Waals surface area contributed by atoms with Crippen molar-refractivity contribution in [1.82, 2.24) is 0 Å². The smallest absolute Gasteiger partial charge is 0.113 e. The Bertz CT molecular complexity index is 2350. The molecule has 2 bridgehead atoms. The predicted molar refractivity (Wildman–Crippen MR) is 223 cm³/mol. The van der Waals surface area contributed by atoms with Crippen molar-refractivity contribution >= 4 is 35.5 Å². The first-order valence-corrected chi connectivity index (χ1v) is 22.7. The molecule has 0 saturated heterocycles. The van der Waals surface area contributed by atoms with Gasteiger partial charge < -0.3 is 4.90 Å². The molecule has 0 aromatic heterocycles. The number of fused-ring (bicyclic) bond motifs is 11. The van der Waals surface area contributed by atoms with E-state index in [1.54, 1.807) is 11.1 Å². The van der Waals surface area contributed by atoms with E-state index in [1.807, 2.05) is 0 Å². The van der Waals surface area contributed by atoms with Gasteiger partial charge in [-0.05, 0) is 136 Å². The maximum absolute atomic E-state index is 2.58. The van der Waals surface area contributed by atoms with E-state index in [-0.39, 0.29) is 5.41 Å². The van der Waals surface area contributed by atoms with Crippen LogP contribution < -0.4 is 15.3 Å². The summed E-state index contributed by atoms with van der Waals surface area (Å²) in [5.74, 6) is 3.02. The van der Waals surface area contributed by atoms with E-state index in [4.69, 9.17) is 0 Å². The number of para-hydroxylation sites is 1. The summed E-state index contributed by atoms with van der Waals surface area (Å²) in [5.41, 5.74) is 16.7. The summed E-state index contributed by atoms with van der Waals surface area (Å²) >= 11 is 0. The summed E-state index contributed by atoms with van der Waals surface area (Å²) in [6.07, 6.45) is 5.47. The molecule has 1 spiro atoms. The molecule has 2 saturated carbocycles. The van der Waals surface area contributed by atoms with E-state index >= 15 is 0 Å². The zero-order valence-electron chi connectivity index (χ0n) is 31.3. The quantitative estimate of drug-likeness (QED) is 0.166. The van der Waals surface area contributed by atoms with Crippen LogP contribution >= 0.6 is 0 Å². The van der Waals surface area contributed by atoms with Gasteiger partial charge in [-0.25, -0.2) is 0 Å². The summed E-state index contributed by atoms with van der Waals surface area (Å²) in [4.78, 5) is 2.49. The minimum absolute atomic E-state index is 0.102. The topological polar surface area (TPSA) is 3.24 Å². The fourth-order valence-corrected chi connectivity index (χ4v) is 15.0. The first-order chi connectivity index (χ1) is 25.3. The fraction of sp³-hybridized carbons (Fsp3) is 0.280. The molecule has 6 aromatic carbocycles. The van der Waals surface area contributed by atoms with Crippen LogP contribution in [0.5, 0.6) is 0 Å². The average Bonchev–Trinajstić information content (AvgIpc) is 3.58. The Morgan fingerprint density at radius 2 is 1.29 bits per heavy atom. The van der Waals surface area contributed by atoms with Gasteiger partial charge in [0.2, 0.25) is 0 Å². The molecule has 2 heteroatoms. The lowest BCUT2D eigenvalue weighted by Gasteiger charge is -2.54. The molecule has 1 nitrogen and oxygen atoms in total. The van der Waals surface area contributed by atoms with Gasteiger partial charge in [0.05, 0.1) is 5.69 Å². The van der Waals surface area contributed by atoms with Gasteiger partial charge in [0.25, 0.3) is 0 Å². The zero-order chi connectivity index (χ0) is 35.4. The molecule has 0 N–H and O–H groups in total. The molecule has 6 aromatic rings. The second-order valence-corrected chi connectivity index (χ2v) is 21.6. The number of hydrogen-bond acceptors (Lipinski definition) is 1. The van der Waals surface area contributed by atoms with Crippen LogP contribution in [-0.2, 0) is 5.41 Å². The molecule has 1 heterocycles. The summed E-state index contributed by atoms with van der Waals surface area (Å²) in [7, 11) is -1.82. The van der Waals surface area contributed by atoms with E-state index in [0.29, 0.717) is 11.8 Å². The van der Waals surface area contributed by atoms with Crippen molar-refractivity contribution in [3.8, 4) is 33.4 Å². The van der Waals surface area contributed by atoms with Gasteiger partial charge in [-0.2, -0.15) is 0 Å². The molecule has 0 amide bonds. The highest BCUT2D eigenvalue weighted by atomic mass is 28.3. The highest BCUT2D eigenvalue weighted by molar-refractivity contribution is 7.04. The van der Waals surface area contributed by atoms with Crippen molar-refractivity contribution in [3.63, 3.8) is 0 Å². The van der Waals surface area contributed by atoms with Crippen LogP contribution in [-0.4, -0.2) is 8.07 Å². The predicted octanol–water partition coefficient (Wildman–Crippen LogP) is 12.3. The highest BCUT2D eigenvalue weighted by Gasteiger charge is 2.57. The summed E-state index contributed by atoms with van der Waals surface area (Å²) in [6.45, 7) is 12.4. The van der Waals surface area contributed by atoms with Gasteiger partial charge in [-0.3, -0.25) is 0 Å². The molecule has 5 atom stereocenters. The van der Waals surface area contributed by atoms with Crippen molar-refractivity contribution in [2.24, 2.45) is 23.7 Å². The van der Waals surface area contributed by atoms with Crippen LogP contribution in [0, 0.1) is 30.6 Å². The van der Waals surface area contributed by atoms with E-state index in [9.17, 15) is 0 Å². The molecule has 1 aliphatic heterocycles. The fourth-order valence-electron chi connectivity index (χ4n) is 11.9. The molecule has 2 fully saturated rings. The lowest BCUT2D eigenvalue weighted by molar-refractivity contribution is 0.0426. The first kappa shape index (κ1) is 32.0. The average molecular weight is 692 g/mol. The Kier molecular flexibility index (Phi) is 7.19. The van der Waals surface area contributed by atoms with Crippen LogP contribution in [0.4, 0.5) is 17.1 Å². The lowest BCUT2D eigenvalue weighted by atomic mass is 9.49. The van der Waals surface area contributed by atoms with Crippen molar-refractivity contribution in [2.75, 3.05) is 4.90 Å². The van der Waals surface area contributed by atoms with Crippen LogP contribution in [0.2, 0.25) is 13.1 Å². The van der Waals surface area contributed by atoms with E-state index < -0.39 is 8.07 Å². The number of rotatable bonds is 4. The van der Waals surface area contributed by atoms with Gasteiger partial charge in [0.15, 0.2) is 0 Å². The number of aryl methyl sites for hydroxylation is 1. The van der Waals surface area contributed by atoms with Crippen LogP contribution in [0.1, 0.15) is 56.2 Å². The van der Waals surface area contributed by atoms with Crippen molar-refractivity contribution in [2.45, 2.75) is 65.0 Å². The highest BCUT2D eigenvalue weighted by Crippen LogP contribution is 2.65. The maximum atomic E-state index is 2.58. The van der Waals surface area contributed by atoms with Gasteiger partial charge in [-0.1, -0.05) is 136 Å². The Labute approximate surface area is 311 Å². The van der Waals surface area contributed by atoms with Crippen LogP contribution in [0.25, 0.3) is 33.4 Å². The van der Waals surface area contributed by atoms with Crippen molar-refractivity contribution in [3.05, 3.63) is 150 Å². The van der Waals surface area contributed by atoms with E-state index in [2.05, 4.69) is 172 Å². The lowest BCUT2D eigenvalue weighted by Crippen LogP contribution is -2.49. The van der Waals surface area contributed by atoms with Crippen LogP contribution in [0.3, 0.4) is 0 Å². The zero-order valence-corrected chi connectivity index (χ0v) is 32.3. The third-order valence-electron chi connectivity index (χ3n) is 13.8. The van der Waals surface area contributed by atoms with Gasteiger partial charge in [0, 0.05) is 22.4 Å². The Hall–Kier alpha value is -4.66. The molecular formula is C50H49NSi. The SMILES string of the molecule is Cc1ccc2c(c1)-c1c(-c3ccc(N(c4ccccc4)c4cccc5c4-c4ccccc4[Si]5(C)C)cc3)cccc1C21C(C)CC2CC(C)CC1C2. The third-order valence-corrected chi connectivity index (χ3v) is 17.4. The molecule has 5 unspecified atom stereocenters. The largest absolute Gasteiger partial charge is 0.310 e. The summed E-state index contributed by atoms with van der Waals surface area (Å²) in [5, 5.41) is 3.07. The molecule has 52 heavy (non-hydrogen) atoms. The number of anilines is 3. The van der Waals surface area contributed by atoms with Crippen molar-refractivity contribution in [1.29, 1.82) is 0 Å². The molecule has 0 radical (unpaired) electrons. The van der Waals surface area contributed by atoms with Gasteiger partial charge in [0.1, 0.15) is 8.07 Å². The molecule has 3 aliphatic carbocycles. The summed E-state index contributed by atoms with van der Waals surface area (Å²) in [6, 6.07) is 51.3. The number of nitrogens with zero attached hydrogens (tertiary/aromatic N) is 1. The second kappa shape index (κ2) is 11.7. The monoisotopic (exact) mass is 691 g/mol. The van der Waals surface area contributed by atoms with Gasteiger partial charge >= 0.3 is 0 Å². The van der Waals surface area contributed by atoms with E-state index in [0.717, 1.165) is 11.8 Å². The molecular weight excluding hydrogens is 643 g/mol. The first-order valence-electron chi connectivity index (χ1n) is 19.7. The Morgan fingerprint density at radius 3 is 2.12 bits per heavy atom. The number of benzene rings is 6. The molecule has 258 valence electrons. The second-order valence-electron chi connectivity index (χ2n) is 17.2. The van der Waals surface area contributed by atoms with E-state index in [1.165, 1.54) is 92.1 Å². The minimum Gasteiger partial charge on any atom is -0.310 e. The minimum atomic E-state index is -1.82. The van der Waals surface area contributed by atoms with Gasteiger partial charge in [-0.15, -0.1) is 0 Å². The van der Waals surface area contributed by atoms with Crippen LogP contribution in [0.15, 0.2) is 133 Å². The normalized spacial score (nSPS) is 24.6. The standard InChI is InChI=1S/C50H49NSi/c1-32-21-26-43-42(29-32)48-40(16-11-17-44(48)50(43)34(3)30-35-27-33(2)28-37(50)31-35)36-22-24-39(25-23-36)51(38-13-7-6-8-14-38)45-18-12-20-47-49(45)41-15-9-10-19-46(41)52(47,4)5/h6-26,29,33-35,37H,27-28,30-31H2,1-5H3. The molecule has 4 aliphatic rings. The molecule has 10 rings (SSSR count). The number of hydrogen-bond donors (Lipinski definition) is 0. The third kappa shape index (κ3) is 4.46. The maximum Gasteiger partial charge on any atom is 0.113 e. The Balaban J connectivity index is 1.13. The van der Waals surface area contributed by atoms with Crippen molar-refractivity contribution < 1.29 is 0 Å². The summed E-state index contributed by atoms with van der Waals surface area (Å²) < 4.78 is 0.